The SMILES string of the molecule is CC(=O)Nc1cccc(C(C)N(Cc2ccccc2)C(=O)CCc2ccc(Cl)s2)c1. The number of aryl methyl sites for hydroxylation is 1. The highest BCUT2D eigenvalue weighted by Crippen LogP contribution is 2.27. The Morgan fingerprint density at radius 3 is 2.50 bits per heavy atom. The van der Waals surface area contributed by atoms with Crippen LogP contribution in [-0.2, 0) is 22.6 Å². The van der Waals surface area contributed by atoms with Crippen molar-refractivity contribution in [2.24, 2.45) is 0 Å². The first-order valence-corrected chi connectivity index (χ1v) is 11.1. The number of carbonyl (C=O) groups is 2. The molecule has 0 spiro atoms. The largest absolute Gasteiger partial charge is 0.332 e. The predicted molar refractivity (Wildman–Crippen MR) is 124 cm³/mol. The van der Waals surface area contributed by atoms with Crippen LogP contribution in [0.4, 0.5) is 5.69 Å². The van der Waals surface area contributed by atoms with Gasteiger partial charge in [0.2, 0.25) is 11.8 Å². The highest BCUT2D eigenvalue weighted by atomic mass is 35.5. The number of thiophene rings is 1. The molecule has 1 aromatic heterocycles. The number of carbonyl (C=O) groups excluding carboxylic acids is 2. The van der Waals surface area contributed by atoms with Crippen molar-refractivity contribution in [1.29, 1.82) is 0 Å². The van der Waals surface area contributed by atoms with Crippen LogP contribution in [0.2, 0.25) is 4.34 Å². The third-order valence-corrected chi connectivity index (χ3v) is 6.18. The van der Waals surface area contributed by atoms with Gasteiger partial charge >= 0.3 is 0 Å². The number of nitrogens with one attached hydrogen (secondary N) is 1. The van der Waals surface area contributed by atoms with Crippen molar-refractivity contribution in [3.8, 4) is 0 Å². The maximum atomic E-state index is 13.2. The summed E-state index contributed by atoms with van der Waals surface area (Å²) >= 11 is 7.53. The number of anilines is 1. The Morgan fingerprint density at radius 2 is 1.83 bits per heavy atom. The maximum Gasteiger partial charge on any atom is 0.223 e. The van der Waals surface area contributed by atoms with E-state index in [1.807, 2.05) is 78.6 Å². The van der Waals surface area contributed by atoms with Crippen LogP contribution in [0.15, 0.2) is 66.7 Å². The van der Waals surface area contributed by atoms with Gasteiger partial charge in [0.25, 0.3) is 0 Å². The van der Waals surface area contributed by atoms with E-state index in [2.05, 4.69) is 5.32 Å². The lowest BCUT2D eigenvalue weighted by Crippen LogP contribution is -2.33. The van der Waals surface area contributed by atoms with Gasteiger partial charge < -0.3 is 10.2 Å². The summed E-state index contributed by atoms with van der Waals surface area (Å²) in [6.07, 6.45) is 1.08. The van der Waals surface area contributed by atoms with Crippen LogP contribution in [0.1, 0.15) is 42.3 Å². The van der Waals surface area contributed by atoms with Crippen molar-refractivity contribution < 1.29 is 9.59 Å². The first-order valence-electron chi connectivity index (χ1n) is 9.87. The van der Waals surface area contributed by atoms with Crippen molar-refractivity contribution in [2.75, 3.05) is 5.32 Å². The lowest BCUT2D eigenvalue weighted by Gasteiger charge is -2.30. The third kappa shape index (κ3) is 6.18. The number of rotatable bonds is 8. The van der Waals surface area contributed by atoms with Gasteiger partial charge in [-0.1, -0.05) is 54.1 Å². The average Bonchev–Trinajstić information content (AvgIpc) is 3.15. The van der Waals surface area contributed by atoms with E-state index in [0.29, 0.717) is 19.4 Å². The van der Waals surface area contributed by atoms with Gasteiger partial charge in [0.1, 0.15) is 0 Å². The molecule has 0 radical (unpaired) electrons. The number of hydrogen-bond acceptors (Lipinski definition) is 3. The normalized spacial score (nSPS) is 11.7. The summed E-state index contributed by atoms with van der Waals surface area (Å²) in [4.78, 5) is 27.7. The summed E-state index contributed by atoms with van der Waals surface area (Å²) in [6.45, 7) is 4.03. The minimum absolute atomic E-state index is 0.0841. The summed E-state index contributed by atoms with van der Waals surface area (Å²) < 4.78 is 0.738. The Bertz CT molecular complexity index is 1000. The lowest BCUT2D eigenvalue weighted by molar-refractivity contribution is -0.134. The molecule has 0 fully saturated rings. The van der Waals surface area contributed by atoms with Gasteiger partial charge in [0.05, 0.1) is 10.4 Å². The predicted octanol–water partition coefficient (Wildman–Crippen LogP) is 6.08. The van der Waals surface area contributed by atoms with E-state index in [1.54, 1.807) is 0 Å². The molecular formula is C24H25ClN2O2S. The van der Waals surface area contributed by atoms with E-state index >= 15 is 0 Å². The van der Waals surface area contributed by atoms with Crippen molar-refractivity contribution in [3.05, 3.63) is 87.1 Å². The standard InChI is InChI=1S/C24H25ClN2O2S/c1-17(20-9-6-10-21(15-20)26-18(2)28)27(16-19-7-4-3-5-8-19)24(29)14-12-22-11-13-23(25)30-22/h3-11,13,15,17H,12,14,16H2,1-2H3,(H,26,28). The first-order chi connectivity index (χ1) is 14.4. The zero-order valence-electron chi connectivity index (χ0n) is 17.1. The molecule has 156 valence electrons. The molecule has 0 bridgehead atoms. The molecule has 0 saturated carbocycles. The Hall–Kier alpha value is -2.63. The number of benzene rings is 2. The fraction of sp³-hybridized carbons (Fsp3) is 0.250. The summed E-state index contributed by atoms with van der Waals surface area (Å²) in [6, 6.07) is 21.3. The van der Waals surface area contributed by atoms with E-state index in [9.17, 15) is 9.59 Å². The van der Waals surface area contributed by atoms with E-state index in [4.69, 9.17) is 11.6 Å². The zero-order valence-corrected chi connectivity index (χ0v) is 18.7. The summed E-state index contributed by atoms with van der Waals surface area (Å²) in [5.74, 6) is -0.0348. The third-order valence-electron chi connectivity index (χ3n) is 4.89. The van der Waals surface area contributed by atoms with Crippen LogP contribution in [0.25, 0.3) is 0 Å². The van der Waals surface area contributed by atoms with Gasteiger partial charge in [-0.05, 0) is 48.7 Å². The Labute approximate surface area is 186 Å². The van der Waals surface area contributed by atoms with Crippen LogP contribution in [-0.4, -0.2) is 16.7 Å². The van der Waals surface area contributed by atoms with E-state index < -0.39 is 0 Å². The van der Waals surface area contributed by atoms with E-state index in [0.717, 1.165) is 26.0 Å². The lowest BCUT2D eigenvalue weighted by atomic mass is 10.0. The van der Waals surface area contributed by atoms with E-state index in [-0.39, 0.29) is 17.9 Å². The second kappa shape index (κ2) is 10.4. The van der Waals surface area contributed by atoms with Crippen molar-refractivity contribution >= 4 is 40.4 Å². The van der Waals surface area contributed by atoms with Gasteiger partial charge in [-0.3, -0.25) is 9.59 Å². The Kier molecular flexibility index (Phi) is 7.66. The zero-order chi connectivity index (χ0) is 21.5. The molecular weight excluding hydrogens is 416 g/mol. The number of nitrogens with zero attached hydrogens (tertiary/aromatic N) is 1. The average molecular weight is 441 g/mol. The highest BCUT2D eigenvalue weighted by molar-refractivity contribution is 7.16. The molecule has 1 N–H and O–H groups in total. The number of amides is 2. The van der Waals surface area contributed by atoms with E-state index in [1.165, 1.54) is 18.3 Å². The fourth-order valence-electron chi connectivity index (χ4n) is 3.34. The van der Waals surface area contributed by atoms with Crippen molar-refractivity contribution in [3.63, 3.8) is 0 Å². The molecule has 2 aromatic carbocycles. The number of hydrogen-bond donors (Lipinski definition) is 1. The molecule has 6 heteroatoms. The summed E-state index contributed by atoms with van der Waals surface area (Å²) in [7, 11) is 0. The molecule has 0 saturated heterocycles. The topological polar surface area (TPSA) is 49.4 Å². The van der Waals surface area contributed by atoms with Gasteiger partial charge in [0, 0.05) is 30.5 Å². The summed E-state index contributed by atoms with van der Waals surface area (Å²) in [5, 5.41) is 2.81. The molecule has 1 heterocycles. The Morgan fingerprint density at radius 1 is 1.07 bits per heavy atom. The molecule has 0 aliphatic carbocycles. The Balaban J connectivity index is 1.80. The fourth-order valence-corrected chi connectivity index (χ4v) is 4.43. The second-order valence-corrected chi connectivity index (χ2v) is 9.00. The molecule has 0 aliphatic rings. The van der Waals surface area contributed by atoms with Crippen LogP contribution >= 0.6 is 22.9 Å². The van der Waals surface area contributed by atoms with Gasteiger partial charge in [-0.15, -0.1) is 11.3 Å². The molecule has 3 rings (SSSR count). The highest BCUT2D eigenvalue weighted by Gasteiger charge is 2.22. The molecule has 1 unspecified atom stereocenters. The van der Waals surface area contributed by atoms with Gasteiger partial charge in [-0.25, -0.2) is 0 Å². The molecule has 3 aromatic rings. The number of halogens is 1. The molecule has 4 nitrogen and oxygen atoms in total. The quantitative estimate of drug-likeness (QED) is 0.461. The maximum absolute atomic E-state index is 13.2. The van der Waals surface area contributed by atoms with Crippen molar-refractivity contribution in [1.82, 2.24) is 4.90 Å². The summed E-state index contributed by atoms with van der Waals surface area (Å²) in [5.41, 5.74) is 2.78. The monoisotopic (exact) mass is 440 g/mol. The van der Waals surface area contributed by atoms with Crippen molar-refractivity contribution in [2.45, 2.75) is 39.3 Å². The molecule has 0 aliphatic heterocycles. The minimum Gasteiger partial charge on any atom is -0.332 e. The van der Waals surface area contributed by atoms with Gasteiger partial charge in [0.15, 0.2) is 0 Å². The van der Waals surface area contributed by atoms with Crippen LogP contribution < -0.4 is 5.32 Å². The first kappa shape index (κ1) is 22.1. The minimum atomic E-state index is -0.140. The molecule has 30 heavy (non-hydrogen) atoms. The second-order valence-electron chi connectivity index (χ2n) is 7.20. The molecule has 1 atom stereocenters. The van der Waals surface area contributed by atoms with Crippen LogP contribution in [0.5, 0.6) is 0 Å². The van der Waals surface area contributed by atoms with Crippen LogP contribution in [0.3, 0.4) is 0 Å². The van der Waals surface area contributed by atoms with Gasteiger partial charge in [-0.2, -0.15) is 0 Å². The molecule has 2 amide bonds. The van der Waals surface area contributed by atoms with Crippen LogP contribution in [0, 0.1) is 0 Å². The smallest absolute Gasteiger partial charge is 0.223 e.